The number of thiol groups is 1. The highest BCUT2D eigenvalue weighted by atomic mass is 32.1. The van der Waals surface area contributed by atoms with Gasteiger partial charge in [0.1, 0.15) is 17.6 Å². The fourth-order valence-corrected chi connectivity index (χ4v) is 3.18. The Kier molecular flexibility index (Phi) is 9.02. The average molecular weight is 468 g/mol. The SMILES string of the molecule is O=C(CS)OCC[C@H](Oc1ccccc1)[C@@H](OC(=O)Nc1ccccc1)c1ccc(O)cc1. The van der Waals surface area contributed by atoms with Crippen molar-refractivity contribution in [1.29, 1.82) is 0 Å². The summed E-state index contributed by atoms with van der Waals surface area (Å²) in [5.41, 5.74) is 1.19. The fraction of sp³-hybridized carbons (Fsp3) is 0.200. The Hall–Kier alpha value is -3.65. The Balaban J connectivity index is 1.84. The summed E-state index contributed by atoms with van der Waals surface area (Å²) in [6.07, 6.45) is -1.97. The second-order valence-corrected chi connectivity index (χ2v) is 7.36. The minimum absolute atomic E-state index is 0.0401. The first-order valence-electron chi connectivity index (χ1n) is 10.3. The summed E-state index contributed by atoms with van der Waals surface area (Å²) in [5.74, 6) is 0.149. The number of hydrogen-bond donors (Lipinski definition) is 3. The van der Waals surface area contributed by atoms with Gasteiger partial charge in [0.05, 0.1) is 12.4 Å². The van der Waals surface area contributed by atoms with Crippen molar-refractivity contribution in [3.8, 4) is 11.5 Å². The molecular formula is C25H25NO6S. The number of esters is 1. The molecule has 3 aromatic rings. The largest absolute Gasteiger partial charge is 0.508 e. The summed E-state index contributed by atoms with van der Waals surface area (Å²) in [6.45, 7) is 0.0507. The predicted molar refractivity (Wildman–Crippen MR) is 128 cm³/mol. The number of ether oxygens (including phenoxy) is 3. The number of phenolic OH excluding ortho intramolecular Hbond substituents is 1. The van der Waals surface area contributed by atoms with E-state index in [-0.39, 0.29) is 24.5 Å². The Bertz CT molecular complexity index is 1010. The van der Waals surface area contributed by atoms with Crippen molar-refractivity contribution in [2.75, 3.05) is 17.7 Å². The van der Waals surface area contributed by atoms with Crippen molar-refractivity contribution in [3.05, 3.63) is 90.5 Å². The molecule has 0 aliphatic rings. The molecule has 0 saturated heterocycles. The normalized spacial score (nSPS) is 12.3. The molecule has 0 aliphatic carbocycles. The van der Waals surface area contributed by atoms with E-state index in [1.165, 1.54) is 12.1 Å². The second-order valence-electron chi connectivity index (χ2n) is 7.05. The van der Waals surface area contributed by atoms with Gasteiger partial charge in [-0.3, -0.25) is 10.1 Å². The Morgan fingerprint density at radius 2 is 1.55 bits per heavy atom. The zero-order valence-electron chi connectivity index (χ0n) is 17.8. The highest BCUT2D eigenvalue weighted by Gasteiger charge is 2.29. The molecule has 0 aliphatic heterocycles. The maximum absolute atomic E-state index is 12.7. The molecule has 0 fully saturated rings. The standard InChI is InChI=1S/C25H25NO6S/c27-20-13-11-18(12-14-20)24(32-25(29)26-19-7-3-1-4-8-19)22(15-16-30-23(28)17-33)31-21-9-5-2-6-10-21/h1-14,22,24,27,33H,15-17H2,(H,26,29)/t22-,24-/m0/s1. The Morgan fingerprint density at radius 3 is 2.18 bits per heavy atom. The molecule has 2 atom stereocenters. The molecule has 3 aromatic carbocycles. The van der Waals surface area contributed by atoms with E-state index < -0.39 is 24.3 Å². The van der Waals surface area contributed by atoms with Gasteiger partial charge in [-0.05, 0) is 42.0 Å². The van der Waals surface area contributed by atoms with Crippen LogP contribution in [0.2, 0.25) is 0 Å². The van der Waals surface area contributed by atoms with Crippen molar-refractivity contribution >= 4 is 30.4 Å². The van der Waals surface area contributed by atoms with E-state index >= 15 is 0 Å². The van der Waals surface area contributed by atoms with Crippen LogP contribution in [0, 0.1) is 0 Å². The lowest BCUT2D eigenvalue weighted by atomic mass is 10.0. The first-order chi connectivity index (χ1) is 16.0. The highest BCUT2D eigenvalue weighted by molar-refractivity contribution is 7.81. The first-order valence-corrected chi connectivity index (χ1v) is 11.0. The molecular weight excluding hydrogens is 442 g/mol. The zero-order chi connectivity index (χ0) is 23.5. The van der Waals surface area contributed by atoms with E-state index in [9.17, 15) is 14.7 Å². The second kappa shape index (κ2) is 12.4. The average Bonchev–Trinajstić information content (AvgIpc) is 2.84. The third-order valence-electron chi connectivity index (χ3n) is 4.64. The van der Waals surface area contributed by atoms with Crippen LogP contribution < -0.4 is 10.1 Å². The van der Waals surface area contributed by atoms with Crippen molar-refractivity contribution in [2.24, 2.45) is 0 Å². The maximum atomic E-state index is 12.7. The molecule has 8 heteroatoms. The quantitative estimate of drug-likeness (QED) is 0.287. The number of carbonyl (C=O) groups excluding carboxylic acids is 2. The minimum Gasteiger partial charge on any atom is -0.508 e. The number of anilines is 1. The van der Waals surface area contributed by atoms with Gasteiger partial charge in [-0.15, -0.1) is 0 Å². The molecule has 172 valence electrons. The van der Waals surface area contributed by atoms with Crippen LogP contribution in [-0.2, 0) is 14.3 Å². The topological polar surface area (TPSA) is 94.1 Å². The molecule has 3 rings (SSSR count). The molecule has 7 nitrogen and oxygen atoms in total. The van der Waals surface area contributed by atoms with Gasteiger partial charge in [0.2, 0.25) is 0 Å². The lowest BCUT2D eigenvalue weighted by Crippen LogP contribution is -2.32. The van der Waals surface area contributed by atoms with Gasteiger partial charge in [-0.2, -0.15) is 12.6 Å². The number of carbonyl (C=O) groups is 2. The lowest BCUT2D eigenvalue weighted by molar-refractivity contribution is -0.141. The molecule has 0 radical (unpaired) electrons. The number of amides is 1. The molecule has 0 bridgehead atoms. The van der Waals surface area contributed by atoms with Crippen LogP contribution >= 0.6 is 12.6 Å². The van der Waals surface area contributed by atoms with Gasteiger partial charge in [-0.1, -0.05) is 48.5 Å². The van der Waals surface area contributed by atoms with Crippen molar-refractivity contribution in [3.63, 3.8) is 0 Å². The Labute approximate surface area is 197 Å². The summed E-state index contributed by atoms with van der Waals surface area (Å²) in [7, 11) is 0. The third-order valence-corrected chi connectivity index (χ3v) is 4.90. The lowest BCUT2D eigenvalue weighted by Gasteiger charge is -2.28. The molecule has 33 heavy (non-hydrogen) atoms. The monoisotopic (exact) mass is 467 g/mol. The summed E-state index contributed by atoms with van der Waals surface area (Å²) in [4.78, 5) is 24.3. The van der Waals surface area contributed by atoms with Gasteiger partial charge in [0.25, 0.3) is 0 Å². The first kappa shape index (κ1) is 24.0. The number of rotatable bonds is 10. The van der Waals surface area contributed by atoms with Crippen molar-refractivity contribution in [1.82, 2.24) is 0 Å². The Morgan fingerprint density at radius 1 is 0.909 bits per heavy atom. The maximum Gasteiger partial charge on any atom is 0.412 e. The predicted octanol–water partition coefficient (Wildman–Crippen LogP) is 4.99. The van der Waals surface area contributed by atoms with E-state index in [1.807, 2.05) is 24.3 Å². The van der Waals surface area contributed by atoms with Crippen LogP contribution in [0.1, 0.15) is 18.1 Å². The van der Waals surface area contributed by atoms with E-state index in [2.05, 4.69) is 17.9 Å². The summed E-state index contributed by atoms with van der Waals surface area (Å²) in [6, 6.07) is 24.3. The molecule has 1 amide bonds. The van der Waals surface area contributed by atoms with Crippen LogP contribution in [0.15, 0.2) is 84.9 Å². The molecule has 0 aromatic heterocycles. The zero-order valence-corrected chi connectivity index (χ0v) is 18.7. The van der Waals surface area contributed by atoms with Crippen LogP contribution in [0.3, 0.4) is 0 Å². The number of hydrogen-bond acceptors (Lipinski definition) is 7. The van der Waals surface area contributed by atoms with E-state index in [4.69, 9.17) is 14.2 Å². The third kappa shape index (κ3) is 7.76. The molecule has 0 heterocycles. The van der Waals surface area contributed by atoms with E-state index in [0.29, 0.717) is 17.0 Å². The molecule has 0 unspecified atom stereocenters. The van der Waals surface area contributed by atoms with Gasteiger partial charge >= 0.3 is 12.1 Å². The molecule has 0 saturated carbocycles. The van der Waals surface area contributed by atoms with Crippen LogP contribution in [-0.4, -0.2) is 35.6 Å². The fourth-order valence-electron chi connectivity index (χ4n) is 3.09. The van der Waals surface area contributed by atoms with Gasteiger partial charge < -0.3 is 19.3 Å². The van der Waals surface area contributed by atoms with Gasteiger partial charge in [-0.25, -0.2) is 4.79 Å². The highest BCUT2D eigenvalue weighted by Crippen LogP contribution is 2.29. The van der Waals surface area contributed by atoms with Crippen LogP contribution in [0.4, 0.5) is 10.5 Å². The van der Waals surface area contributed by atoms with E-state index in [0.717, 1.165) is 0 Å². The molecule has 2 N–H and O–H groups in total. The number of benzene rings is 3. The summed E-state index contributed by atoms with van der Waals surface area (Å²) < 4.78 is 17.1. The number of para-hydroxylation sites is 2. The number of nitrogens with one attached hydrogen (secondary N) is 1. The smallest absolute Gasteiger partial charge is 0.412 e. The van der Waals surface area contributed by atoms with Crippen LogP contribution in [0.25, 0.3) is 0 Å². The number of phenols is 1. The van der Waals surface area contributed by atoms with Crippen molar-refractivity contribution < 1.29 is 28.9 Å². The van der Waals surface area contributed by atoms with Crippen LogP contribution in [0.5, 0.6) is 11.5 Å². The number of aromatic hydroxyl groups is 1. The van der Waals surface area contributed by atoms with E-state index in [1.54, 1.807) is 48.5 Å². The van der Waals surface area contributed by atoms with Gasteiger partial charge in [0, 0.05) is 12.1 Å². The molecule has 0 spiro atoms. The van der Waals surface area contributed by atoms with Gasteiger partial charge in [0.15, 0.2) is 6.10 Å². The minimum atomic E-state index is -0.857. The van der Waals surface area contributed by atoms with Crippen molar-refractivity contribution in [2.45, 2.75) is 18.6 Å². The summed E-state index contributed by atoms with van der Waals surface area (Å²) >= 11 is 3.91. The summed E-state index contributed by atoms with van der Waals surface area (Å²) in [5, 5.41) is 12.4.